The van der Waals surface area contributed by atoms with Gasteiger partial charge in [-0.1, -0.05) is 18.2 Å². The van der Waals surface area contributed by atoms with Crippen LogP contribution in [-0.2, 0) is 19.7 Å². The van der Waals surface area contributed by atoms with Gasteiger partial charge in [0.05, 0.1) is 15.5 Å². The zero-order chi connectivity index (χ0) is 18.9. The Bertz CT molecular complexity index is 1000. The van der Waals surface area contributed by atoms with Crippen LogP contribution >= 0.6 is 12.4 Å². The molecule has 27 heavy (non-hydrogen) atoms. The molecule has 2 aromatic rings. The molecule has 0 bridgehead atoms. The lowest BCUT2D eigenvalue weighted by molar-refractivity contribution is 0.261. The standard InChI is InChI=1S/C18H21NO5S2.ClH/c1-19(2)11-12-24-14-7-9-15(10-8-14)26(22,23)18-13-25(20,21)17-6-4-3-5-16(17)18;/h3-10,18H,11-13H2,1-2H3;1H. The molecule has 0 radical (unpaired) electrons. The van der Waals surface area contributed by atoms with Crippen molar-refractivity contribution in [2.75, 3.05) is 33.0 Å². The van der Waals surface area contributed by atoms with Crippen LogP contribution in [0.5, 0.6) is 5.75 Å². The van der Waals surface area contributed by atoms with E-state index in [-0.39, 0.29) is 22.2 Å². The number of hydrogen-bond acceptors (Lipinski definition) is 6. The second-order valence-electron chi connectivity index (χ2n) is 6.48. The van der Waals surface area contributed by atoms with Gasteiger partial charge in [-0.15, -0.1) is 12.4 Å². The second kappa shape index (κ2) is 8.18. The lowest BCUT2D eigenvalue weighted by Gasteiger charge is -2.13. The van der Waals surface area contributed by atoms with Crippen molar-refractivity contribution in [2.45, 2.75) is 15.0 Å². The molecule has 0 amide bonds. The molecule has 1 heterocycles. The maximum absolute atomic E-state index is 13.0. The van der Waals surface area contributed by atoms with Crippen molar-refractivity contribution in [3.05, 3.63) is 54.1 Å². The van der Waals surface area contributed by atoms with E-state index >= 15 is 0 Å². The van der Waals surface area contributed by atoms with Crippen LogP contribution in [0.3, 0.4) is 0 Å². The third-order valence-electron chi connectivity index (χ3n) is 4.31. The third kappa shape index (κ3) is 4.45. The molecule has 6 nitrogen and oxygen atoms in total. The van der Waals surface area contributed by atoms with E-state index in [1.54, 1.807) is 30.3 Å². The summed E-state index contributed by atoms with van der Waals surface area (Å²) >= 11 is 0. The lowest BCUT2D eigenvalue weighted by Crippen LogP contribution is -2.19. The first-order valence-electron chi connectivity index (χ1n) is 8.15. The highest BCUT2D eigenvalue weighted by molar-refractivity contribution is 7.96. The smallest absolute Gasteiger partial charge is 0.186 e. The number of fused-ring (bicyclic) bond motifs is 1. The molecule has 1 atom stereocenters. The number of benzene rings is 2. The molecule has 1 unspecified atom stereocenters. The van der Waals surface area contributed by atoms with E-state index in [4.69, 9.17) is 4.74 Å². The van der Waals surface area contributed by atoms with E-state index < -0.39 is 30.7 Å². The molecule has 9 heteroatoms. The summed E-state index contributed by atoms with van der Waals surface area (Å²) in [5.74, 6) is 0.153. The Morgan fingerprint density at radius 3 is 2.33 bits per heavy atom. The highest BCUT2D eigenvalue weighted by Gasteiger charge is 2.42. The molecule has 0 spiro atoms. The van der Waals surface area contributed by atoms with Crippen LogP contribution in [-0.4, -0.2) is 54.7 Å². The predicted octanol–water partition coefficient (Wildman–Crippen LogP) is 2.35. The summed E-state index contributed by atoms with van der Waals surface area (Å²) in [6.07, 6.45) is 0. The van der Waals surface area contributed by atoms with Gasteiger partial charge in [0, 0.05) is 6.54 Å². The number of hydrogen-bond donors (Lipinski definition) is 0. The quantitative estimate of drug-likeness (QED) is 0.698. The first kappa shape index (κ1) is 21.7. The molecule has 0 saturated carbocycles. The Hall–Kier alpha value is -1.61. The molecule has 0 aromatic heterocycles. The van der Waals surface area contributed by atoms with Crippen LogP contribution in [0.1, 0.15) is 10.8 Å². The zero-order valence-corrected chi connectivity index (χ0v) is 17.5. The van der Waals surface area contributed by atoms with E-state index in [0.717, 1.165) is 6.54 Å². The minimum atomic E-state index is -3.82. The summed E-state index contributed by atoms with van der Waals surface area (Å²) < 4.78 is 56.1. The van der Waals surface area contributed by atoms with Gasteiger partial charge in [-0.3, -0.25) is 0 Å². The van der Waals surface area contributed by atoms with Crippen LogP contribution < -0.4 is 4.74 Å². The summed E-state index contributed by atoms with van der Waals surface area (Å²) in [7, 11) is -3.53. The van der Waals surface area contributed by atoms with Crippen LogP contribution in [0.2, 0.25) is 0 Å². The van der Waals surface area contributed by atoms with E-state index in [0.29, 0.717) is 17.9 Å². The second-order valence-corrected chi connectivity index (χ2v) is 10.6. The van der Waals surface area contributed by atoms with Gasteiger partial charge in [0.1, 0.15) is 17.6 Å². The molecule has 1 aliphatic rings. The molecule has 1 aliphatic heterocycles. The SMILES string of the molecule is CN(C)CCOc1ccc(S(=O)(=O)C2CS(=O)(=O)c3ccccc32)cc1.Cl. The molecular formula is C18H22ClNO5S2. The van der Waals surface area contributed by atoms with Crippen molar-refractivity contribution in [3.8, 4) is 5.75 Å². The van der Waals surface area contributed by atoms with Gasteiger partial charge in [-0.05, 0) is 50.0 Å². The number of ether oxygens (including phenoxy) is 1. The van der Waals surface area contributed by atoms with Crippen molar-refractivity contribution in [3.63, 3.8) is 0 Å². The van der Waals surface area contributed by atoms with E-state index in [1.807, 2.05) is 19.0 Å². The van der Waals surface area contributed by atoms with E-state index in [2.05, 4.69) is 0 Å². The summed E-state index contributed by atoms with van der Waals surface area (Å²) in [6.45, 7) is 1.24. The maximum atomic E-state index is 13.0. The molecule has 148 valence electrons. The van der Waals surface area contributed by atoms with Gasteiger partial charge < -0.3 is 9.64 Å². The molecule has 0 N–H and O–H groups in total. The monoisotopic (exact) mass is 431 g/mol. The van der Waals surface area contributed by atoms with Crippen LogP contribution in [0.15, 0.2) is 58.3 Å². The van der Waals surface area contributed by atoms with Gasteiger partial charge in [0.15, 0.2) is 19.7 Å². The number of sulfone groups is 2. The molecule has 0 fully saturated rings. The fourth-order valence-corrected chi connectivity index (χ4v) is 7.23. The van der Waals surface area contributed by atoms with Gasteiger partial charge in [-0.25, -0.2) is 16.8 Å². The van der Waals surface area contributed by atoms with Gasteiger partial charge in [-0.2, -0.15) is 0 Å². The van der Waals surface area contributed by atoms with Crippen molar-refractivity contribution in [2.24, 2.45) is 0 Å². The molecule has 3 rings (SSSR count). The summed E-state index contributed by atoms with van der Waals surface area (Å²) in [6, 6.07) is 12.4. The fourth-order valence-electron chi connectivity index (χ4n) is 2.90. The normalized spacial score (nSPS) is 18.0. The van der Waals surface area contributed by atoms with Crippen molar-refractivity contribution >= 4 is 32.1 Å². The van der Waals surface area contributed by atoms with Crippen molar-refractivity contribution in [1.82, 2.24) is 4.90 Å². The molecule has 0 aliphatic carbocycles. The highest BCUT2D eigenvalue weighted by atomic mass is 35.5. The summed E-state index contributed by atoms with van der Waals surface area (Å²) in [5.41, 5.74) is 0.346. The summed E-state index contributed by atoms with van der Waals surface area (Å²) in [4.78, 5) is 2.18. The van der Waals surface area contributed by atoms with Crippen LogP contribution in [0, 0.1) is 0 Å². The first-order chi connectivity index (χ1) is 12.2. The molecule has 0 saturated heterocycles. The Balaban J connectivity index is 0.00000261. The Morgan fingerprint density at radius 2 is 1.70 bits per heavy atom. The Labute approximate surface area is 166 Å². The number of likely N-dealkylation sites (N-methyl/N-ethyl adjacent to an activating group) is 1. The Morgan fingerprint density at radius 1 is 1.07 bits per heavy atom. The van der Waals surface area contributed by atoms with E-state index in [9.17, 15) is 16.8 Å². The van der Waals surface area contributed by atoms with Crippen LogP contribution in [0.25, 0.3) is 0 Å². The van der Waals surface area contributed by atoms with Crippen molar-refractivity contribution < 1.29 is 21.6 Å². The number of nitrogens with zero attached hydrogens (tertiary/aromatic N) is 1. The molecule has 2 aromatic carbocycles. The van der Waals surface area contributed by atoms with Gasteiger partial charge in [0.2, 0.25) is 0 Å². The van der Waals surface area contributed by atoms with Crippen LogP contribution in [0.4, 0.5) is 0 Å². The third-order valence-corrected chi connectivity index (χ3v) is 8.43. The largest absolute Gasteiger partial charge is 0.492 e. The van der Waals surface area contributed by atoms with Crippen molar-refractivity contribution in [1.29, 1.82) is 0 Å². The fraction of sp³-hybridized carbons (Fsp3) is 0.333. The average molecular weight is 432 g/mol. The lowest BCUT2D eigenvalue weighted by atomic mass is 10.2. The number of rotatable bonds is 6. The van der Waals surface area contributed by atoms with E-state index in [1.165, 1.54) is 18.2 Å². The maximum Gasteiger partial charge on any atom is 0.186 e. The number of halogens is 1. The highest BCUT2D eigenvalue weighted by Crippen LogP contribution is 2.41. The topological polar surface area (TPSA) is 80.8 Å². The first-order valence-corrected chi connectivity index (χ1v) is 11.3. The predicted molar refractivity (Wildman–Crippen MR) is 106 cm³/mol. The minimum Gasteiger partial charge on any atom is -0.492 e. The zero-order valence-electron chi connectivity index (χ0n) is 15.0. The molecular weight excluding hydrogens is 410 g/mol. The van der Waals surface area contributed by atoms with Gasteiger partial charge >= 0.3 is 0 Å². The van der Waals surface area contributed by atoms with Gasteiger partial charge in [0.25, 0.3) is 0 Å². The minimum absolute atomic E-state index is 0. The Kier molecular flexibility index (Phi) is 6.57. The summed E-state index contributed by atoms with van der Waals surface area (Å²) in [5, 5.41) is -1.08. The average Bonchev–Trinajstić information content (AvgIpc) is 2.88.